The first-order chi connectivity index (χ1) is 7.08. The summed E-state index contributed by atoms with van der Waals surface area (Å²) < 4.78 is 0. The molecular weight excluding hydrogens is 186 g/mol. The molecule has 1 amide bonds. The van der Waals surface area contributed by atoms with Gasteiger partial charge in [0.1, 0.15) is 0 Å². The van der Waals surface area contributed by atoms with Gasteiger partial charge in [0.25, 0.3) is 0 Å². The van der Waals surface area contributed by atoms with E-state index in [1.54, 1.807) is 0 Å². The lowest BCUT2D eigenvalue weighted by Gasteiger charge is -2.48. The Morgan fingerprint density at radius 3 is 2.60 bits per heavy atom. The summed E-state index contributed by atoms with van der Waals surface area (Å²) in [5, 5.41) is 0. The maximum absolute atomic E-state index is 12.0. The average Bonchev–Trinajstić information content (AvgIpc) is 2.94. The van der Waals surface area contributed by atoms with Crippen LogP contribution in [0.3, 0.4) is 0 Å². The zero-order valence-corrected chi connectivity index (χ0v) is 9.83. The van der Waals surface area contributed by atoms with Gasteiger partial charge in [-0.2, -0.15) is 0 Å². The van der Waals surface area contributed by atoms with Crippen molar-refractivity contribution < 1.29 is 4.79 Å². The fraction of sp³-hybridized carbons (Fsp3) is 0.923. The Bertz CT molecular complexity index is 293. The minimum absolute atomic E-state index is 0.154. The molecule has 0 radical (unpaired) electrons. The molecule has 0 unspecified atom stereocenters. The third kappa shape index (κ3) is 1.68. The average molecular weight is 207 g/mol. The molecule has 3 fully saturated rings. The lowest BCUT2D eigenvalue weighted by atomic mass is 9.88. The highest BCUT2D eigenvalue weighted by atomic mass is 16.2. The van der Waals surface area contributed by atoms with Crippen molar-refractivity contribution >= 4 is 5.91 Å². The summed E-state index contributed by atoms with van der Waals surface area (Å²) in [6.45, 7) is 5.35. The highest BCUT2D eigenvalue weighted by Gasteiger charge is 2.49. The monoisotopic (exact) mass is 207 g/mol. The lowest BCUT2D eigenvalue weighted by molar-refractivity contribution is -0.145. The Morgan fingerprint density at radius 2 is 2.13 bits per heavy atom. The normalized spacial score (nSPS) is 37.3. The summed E-state index contributed by atoms with van der Waals surface area (Å²) in [4.78, 5) is 14.1. The third-order valence-electron chi connectivity index (χ3n) is 4.62. The molecule has 15 heavy (non-hydrogen) atoms. The number of hydrogen-bond acceptors (Lipinski definition) is 1. The van der Waals surface area contributed by atoms with E-state index in [0.29, 0.717) is 5.91 Å². The minimum Gasteiger partial charge on any atom is -0.337 e. The van der Waals surface area contributed by atoms with Gasteiger partial charge >= 0.3 is 0 Å². The van der Waals surface area contributed by atoms with Crippen LogP contribution in [0.15, 0.2) is 0 Å². The van der Waals surface area contributed by atoms with Crippen LogP contribution in [0.4, 0.5) is 0 Å². The fourth-order valence-corrected chi connectivity index (χ4v) is 3.08. The molecule has 0 spiro atoms. The second kappa shape index (κ2) is 2.99. The molecule has 2 heteroatoms. The number of carbonyl (C=O) groups is 1. The Morgan fingerprint density at radius 1 is 1.40 bits per heavy atom. The van der Waals surface area contributed by atoms with Gasteiger partial charge in [-0.1, -0.05) is 0 Å². The largest absolute Gasteiger partial charge is 0.337 e. The van der Waals surface area contributed by atoms with E-state index in [1.807, 2.05) is 0 Å². The van der Waals surface area contributed by atoms with Crippen molar-refractivity contribution in [3.05, 3.63) is 0 Å². The van der Waals surface area contributed by atoms with Crippen molar-refractivity contribution in [3.63, 3.8) is 0 Å². The molecule has 2 aliphatic carbocycles. The van der Waals surface area contributed by atoms with E-state index in [2.05, 4.69) is 18.7 Å². The maximum atomic E-state index is 12.0. The Labute approximate surface area is 92.0 Å². The van der Waals surface area contributed by atoms with E-state index >= 15 is 0 Å². The summed E-state index contributed by atoms with van der Waals surface area (Å²) in [5.74, 6) is 3.10. The molecule has 0 aromatic heterocycles. The number of carbonyl (C=O) groups excluding carboxylic acids is 1. The van der Waals surface area contributed by atoms with Gasteiger partial charge in [-0.3, -0.25) is 4.79 Å². The first-order valence-corrected chi connectivity index (χ1v) is 6.38. The lowest BCUT2D eigenvalue weighted by Crippen LogP contribution is -2.58. The zero-order chi connectivity index (χ0) is 10.6. The highest BCUT2D eigenvalue weighted by molar-refractivity contribution is 5.78. The van der Waals surface area contributed by atoms with Crippen LogP contribution in [0.1, 0.15) is 46.0 Å². The Kier molecular flexibility index (Phi) is 1.93. The van der Waals surface area contributed by atoms with E-state index in [1.165, 1.54) is 25.7 Å². The molecule has 1 heterocycles. The van der Waals surface area contributed by atoms with Gasteiger partial charge in [0, 0.05) is 18.5 Å². The molecule has 2 atom stereocenters. The first kappa shape index (κ1) is 9.68. The number of rotatable bonds is 3. The van der Waals surface area contributed by atoms with Gasteiger partial charge < -0.3 is 4.90 Å². The van der Waals surface area contributed by atoms with Crippen molar-refractivity contribution in [2.24, 2.45) is 17.8 Å². The van der Waals surface area contributed by atoms with Crippen molar-refractivity contribution in [2.75, 3.05) is 6.54 Å². The standard InChI is InChI=1S/C13H21NO/c1-13(2)5-6-14(13)12(15)8-10-7-11(10)9-3-4-9/h9-11H,3-8H2,1-2H3/t10-,11-/m0/s1. The Balaban J connectivity index is 1.49. The molecule has 84 valence electrons. The molecule has 3 aliphatic rings. The van der Waals surface area contributed by atoms with E-state index in [-0.39, 0.29) is 5.54 Å². The van der Waals surface area contributed by atoms with Gasteiger partial charge in [-0.25, -0.2) is 0 Å². The van der Waals surface area contributed by atoms with Crippen LogP contribution in [0.2, 0.25) is 0 Å². The van der Waals surface area contributed by atoms with Crippen LogP contribution in [-0.4, -0.2) is 22.9 Å². The fourth-order valence-electron chi connectivity index (χ4n) is 3.08. The summed E-state index contributed by atoms with van der Waals surface area (Å²) in [6, 6.07) is 0. The van der Waals surface area contributed by atoms with E-state index in [4.69, 9.17) is 0 Å². The summed E-state index contributed by atoms with van der Waals surface area (Å²) in [7, 11) is 0. The van der Waals surface area contributed by atoms with Crippen LogP contribution < -0.4 is 0 Å². The van der Waals surface area contributed by atoms with Crippen molar-refractivity contribution in [1.29, 1.82) is 0 Å². The van der Waals surface area contributed by atoms with Crippen LogP contribution in [0.25, 0.3) is 0 Å². The minimum atomic E-state index is 0.154. The van der Waals surface area contributed by atoms with Crippen molar-refractivity contribution in [2.45, 2.75) is 51.5 Å². The summed E-state index contributed by atoms with van der Waals surface area (Å²) in [5.41, 5.74) is 0.154. The number of amides is 1. The van der Waals surface area contributed by atoms with Gasteiger partial charge in [0.05, 0.1) is 0 Å². The predicted octanol–water partition coefficient (Wildman–Crippen LogP) is 2.43. The van der Waals surface area contributed by atoms with Gasteiger partial charge in [-0.05, 0) is 57.3 Å². The summed E-state index contributed by atoms with van der Waals surface area (Å²) in [6.07, 6.45) is 6.22. The predicted molar refractivity (Wildman–Crippen MR) is 59.3 cm³/mol. The quantitative estimate of drug-likeness (QED) is 0.696. The van der Waals surface area contributed by atoms with E-state index in [0.717, 1.165) is 30.7 Å². The first-order valence-electron chi connectivity index (χ1n) is 6.38. The molecule has 2 nitrogen and oxygen atoms in total. The molecule has 0 bridgehead atoms. The molecule has 2 saturated carbocycles. The molecule has 0 N–H and O–H groups in total. The van der Waals surface area contributed by atoms with E-state index in [9.17, 15) is 4.79 Å². The van der Waals surface area contributed by atoms with Crippen molar-refractivity contribution in [1.82, 2.24) is 4.90 Å². The third-order valence-corrected chi connectivity index (χ3v) is 4.62. The molecule has 1 aliphatic heterocycles. The van der Waals surface area contributed by atoms with Crippen LogP contribution in [-0.2, 0) is 4.79 Å². The van der Waals surface area contributed by atoms with Gasteiger partial charge in [0.2, 0.25) is 5.91 Å². The number of nitrogens with zero attached hydrogens (tertiary/aromatic N) is 1. The summed E-state index contributed by atoms with van der Waals surface area (Å²) >= 11 is 0. The van der Waals surface area contributed by atoms with E-state index < -0.39 is 0 Å². The molecular formula is C13H21NO. The zero-order valence-electron chi connectivity index (χ0n) is 9.83. The SMILES string of the molecule is CC1(C)CCN1C(=O)C[C@@H]1C[C@H]1C1CC1. The molecule has 0 aromatic carbocycles. The number of hydrogen-bond donors (Lipinski definition) is 0. The van der Waals surface area contributed by atoms with Gasteiger partial charge in [-0.15, -0.1) is 0 Å². The van der Waals surface area contributed by atoms with Gasteiger partial charge in [0.15, 0.2) is 0 Å². The molecule has 0 aromatic rings. The topological polar surface area (TPSA) is 20.3 Å². The second-order valence-corrected chi connectivity index (χ2v) is 6.31. The maximum Gasteiger partial charge on any atom is 0.223 e. The Hall–Kier alpha value is -0.530. The van der Waals surface area contributed by atoms with Crippen LogP contribution >= 0.6 is 0 Å². The number of likely N-dealkylation sites (tertiary alicyclic amines) is 1. The second-order valence-electron chi connectivity index (χ2n) is 6.31. The molecule has 3 rings (SSSR count). The van der Waals surface area contributed by atoms with Crippen LogP contribution in [0.5, 0.6) is 0 Å². The smallest absolute Gasteiger partial charge is 0.223 e. The van der Waals surface area contributed by atoms with Crippen molar-refractivity contribution in [3.8, 4) is 0 Å². The van der Waals surface area contributed by atoms with Crippen LogP contribution in [0, 0.1) is 17.8 Å². The molecule has 1 saturated heterocycles. The highest BCUT2D eigenvalue weighted by Crippen LogP contribution is 2.56.